The summed E-state index contributed by atoms with van der Waals surface area (Å²) in [7, 11) is -0.603. The molecule has 1 aliphatic heterocycles. The van der Waals surface area contributed by atoms with Gasteiger partial charge in [-0.25, -0.2) is 4.39 Å². The second-order valence-electron chi connectivity index (χ2n) is 7.33. The Morgan fingerprint density at radius 1 is 0.962 bits per heavy atom. The molecule has 26 heavy (non-hydrogen) atoms. The minimum Gasteiger partial charge on any atom is -0.399 e. The standard InChI is InChI=1S/C19H20BCl2FO2S/c1-18(2)19(3,4)25-20(24-18)17-10-15(23)6-5-12(17)11-26-16-8-13(21)7-14(22)9-16/h5-10H,11H2,1-4H3. The van der Waals surface area contributed by atoms with Crippen LogP contribution in [0.4, 0.5) is 4.39 Å². The van der Waals surface area contributed by atoms with Crippen molar-refractivity contribution >= 4 is 47.5 Å². The Labute approximate surface area is 168 Å². The molecule has 0 bridgehead atoms. The largest absolute Gasteiger partial charge is 0.495 e. The Hall–Kier alpha value is -0.715. The molecule has 0 radical (unpaired) electrons. The first kappa shape index (κ1) is 20.0. The van der Waals surface area contributed by atoms with Crippen LogP contribution in [0.1, 0.15) is 33.3 Å². The van der Waals surface area contributed by atoms with Gasteiger partial charge in [0.15, 0.2) is 0 Å². The monoisotopic (exact) mass is 412 g/mol. The van der Waals surface area contributed by atoms with Crippen LogP contribution in [0.25, 0.3) is 0 Å². The minimum absolute atomic E-state index is 0.311. The molecule has 1 aliphatic rings. The van der Waals surface area contributed by atoms with Gasteiger partial charge in [0, 0.05) is 20.7 Å². The van der Waals surface area contributed by atoms with Gasteiger partial charge in [-0.3, -0.25) is 0 Å². The lowest BCUT2D eigenvalue weighted by molar-refractivity contribution is 0.00578. The highest BCUT2D eigenvalue weighted by molar-refractivity contribution is 7.98. The fourth-order valence-electron chi connectivity index (χ4n) is 2.66. The van der Waals surface area contributed by atoms with Gasteiger partial charge in [0.2, 0.25) is 0 Å². The first-order chi connectivity index (χ1) is 12.1. The Balaban J connectivity index is 1.85. The Morgan fingerprint density at radius 2 is 1.54 bits per heavy atom. The van der Waals surface area contributed by atoms with E-state index in [1.807, 2.05) is 39.8 Å². The fraction of sp³-hybridized carbons (Fsp3) is 0.368. The highest BCUT2D eigenvalue weighted by Gasteiger charge is 2.52. The molecule has 0 amide bonds. The zero-order valence-corrected chi connectivity index (χ0v) is 17.4. The third-order valence-corrected chi connectivity index (χ3v) is 6.31. The van der Waals surface area contributed by atoms with E-state index in [0.29, 0.717) is 21.3 Å². The average Bonchev–Trinajstić information content (AvgIpc) is 2.73. The van der Waals surface area contributed by atoms with Crippen LogP contribution < -0.4 is 5.46 Å². The smallest absolute Gasteiger partial charge is 0.399 e. The number of benzene rings is 2. The molecule has 0 atom stereocenters. The maximum Gasteiger partial charge on any atom is 0.495 e. The van der Waals surface area contributed by atoms with Crippen LogP contribution in [0, 0.1) is 5.82 Å². The maximum absolute atomic E-state index is 13.9. The van der Waals surface area contributed by atoms with Gasteiger partial charge in [0.1, 0.15) is 5.82 Å². The maximum atomic E-state index is 13.9. The minimum atomic E-state index is -0.603. The van der Waals surface area contributed by atoms with Crippen molar-refractivity contribution in [3.8, 4) is 0 Å². The highest BCUT2D eigenvalue weighted by Crippen LogP contribution is 2.37. The van der Waals surface area contributed by atoms with E-state index in [9.17, 15) is 4.39 Å². The van der Waals surface area contributed by atoms with Crippen molar-refractivity contribution in [1.82, 2.24) is 0 Å². The summed E-state index contributed by atoms with van der Waals surface area (Å²) in [6.45, 7) is 7.92. The summed E-state index contributed by atoms with van der Waals surface area (Å²) < 4.78 is 26.1. The molecule has 3 rings (SSSR count). The van der Waals surface area contributed by atoms with Crippen LogP contribution >= 0.6 is 35.0 Å². The van der Waals surface area contributed by atoms with Crippen molar-refractivity contribution in [3.63, 3.8) is 0 Å². The van der Waals surface area contributed by atoms with E-state index >= 15 is 0 Å². The molecule has 1 saturated heterocycles. The molecule has 0 aliphatic carbocycles. The normalized spacial score (nSPS) is 18.3. The van der Waals surface area contributed by atoms with E-state index in [-0.39, 0.29) is 5.82 Å². The van der Waals surface area contributed by atoms with Crippen LogP contribution in [0.15, 0.2) is 41.3 Å². The van der Waals surface area contributed by atoms with E-state index in [2.05, 4.69) is 0 Å². The van der Waals surface area contributed by atoms with Gasteiger partial charge in [-0.1, -0.05) is 29.3 Å². The second-order valence-corrected chi connectivity index (χ2v) is 9.25. The molecule has 2 nitrogen and oxygen atoms in total. The van der Waals surface area contributed by atoms with E-state index in [1.54, 1.807) is 23.9 Å². The van der Waals surface area contributed by atoms with Crippen molar-refractivity contribution in [2.24, 2.45) is 0 Å². The first-order valence-corrected chi connectivity index (χ1v) is 10.0. The number of hydrogen-bond donors (Lipinski definition) is 0. The molecular weight excluding hydrogens is 393 g/mol. The predicted octanol–water partition coefficient (Wildman–Crippen LogP) is 5.72. The van der Waals surface area contributed by atoms with Gasteiger partial charge >= 0.3 is 7.12 Å². The topological polar surface area (TPSA) is 18.5 Å². The third kappa shape index (κ3) is 4.23. The van der Waals surface area contributed by atoms with Crippen molar-refractivity contribution in [3.05, 3.63) is 57.8 Å². The molecule has 1 fully saturated rings. The second kappa shape index (κ2) is 7.36. The lowest BCUT2D eigenvalue weighted by Crippen LogP contribution is -2.41. The summed E-state index contributed by atoms with van der Waals surface area (Å²) in [6, 6.07) is 10.1. The Bertz CT molecular complexity index is 793. The van der Waals surface area contributed by atoms with Gasteiger partial charge in [-0.05, 0) is 69.1 Å². The zero-order chi connectivity index (χ0) is 19.1. The zero-order valence-electron chi connectivity index (χ0n) is 15.1. The van der Waals surface area contributed by atoms with Gasteiger partial charge in [-0.15, -0.1) is 11.8 Å². The Morgan fingerprint density at radius 3 is 2.12 bits per heavy atom. The van der Waals surface area contributed by atoms with E-state index in [1.165, 1.54) is 12.1 Å². The van der Waals surface area contributed by atoms with Crippen LogP contribution in [0.5, 0.6) is 0 Å². The summed E-state index contributed by atoms with van der Waals surface area (Å²) in [6.07, 6.45) is 0. The van der Waals surface area contributed by atoms with Crippen LogP contribution in [-0.2, 0) is 15.1 Å². The summed E-state index contributed by atoms with van der Waals surface area (Å²) in [4.78, 5) is 0.951. The van der Waals surface area contributed by atoms with E-state index in [4.69, 9.17) is 32.5 Å². The van der Waals surface area contributed by atoms with E-state index < -0.39 is 18.3 Å². The molecule has 1 heterocycles. The number of rotatable bonds is 4. The van der Waals surface area contributed by atoms with Gasteiger partial charge < -0.3 is 9.31 Å². The molecule has 0 N–H and O–H groups in total. The fourth-order valence-corrected chi connectivity index (χ4v) is 4.32. The number of halogens is 3. The lowest BCUT2D eigenvalue weighted by atomic mass is 9.76. The van der Waals surface area contributed by atoms with Gasteiger partial charge in [-0.2, -0.15) is 0 Å². The van der Waals surface area contributed by atoms with Crippen molar-refractivity contribution in [1.29, 1.82) is 0 Å². The molecule has 0 aromatic heterocycles. The number of thioether (sulfide) groups is 1. The van der Waals surface area contributed by atoms with Crippen LogP contribution in [0.2, 0.25) is 10.0 Å². The summed E-state index contributed by atoms with van der Waals surface area (Å²) >= 11 is 13.7. The van der Waals surface area contributed by atoms with Gasteiger partial charge in [0.05, 0.1) is 11.2 Å². The molecule has 0 unspecified atom stereocenters. The van der Waals surface area contributed by atoms with Crippen LogP contribution in [-0.4, -0.2) is 18.3 Å². The van der Waals surface area contributed by atoms with Gasteiger partial charge in [0.25, 0.3) is 0 Å². The summed E-state index contributed by atoms with van der Waals surface area (Å²) in [5.41, 5.74) is 0.708. The summed E-state index contributed by atoms with van der Waals surface area (Å²) in [5.74, 6) is 0.311. The van der Waals surface area contributed by atoms with Crippen molar-refractivity contribution in [2.75, 3.05) is 0 Å². The summed E-state index contributed by atoms with van der Waals surface area (Å²) in [5, 5.41) is 1.18. The van der Waals surface area contributed by atoms with Crippen LogP contribution in [0.3, 0.4) is 0 Å². The quantitative estimate of drug-likeness (QED) is 0.472. The average molecular weight is 413 g/mol. The molecule has 0 spiro atoms. The third-order valence-electron chi connectivity index (χ3n) is 4.85. The molecule has 2 aromatic carbocycles. The van der Waals surface area contributed by atoms with E-state index in [0.717, 1.165) is 10.5 Å². The number of hydrogen-bond acceptors (Lipinski definition) is 3. The highest BCUT2D eigenvalue weighted by atomic mass is 35.5. The van der Waals surface area contributed by atoms with Crippen molar-refractivity contribution in [2.45, 2.75) is 49.5 Å². The lowest BCUT2D eigenvalue weighted by Gasteiger charge is -2.32. The predicted molar refractivity (Wildman–Crippen MR) is 108 cm³/mol. The van der Waals surface area contributed by atoms with Crippen molar-refractivity contribution < 1.29 is 13.7 Å². The molecule has 2 aromatic rings. The SMILES string of the molecule is CC1(C)OB(c2cc(F)ccc2CSc2cc(Cl)cc(Cl)c2)OC1(C)C. The molecular formula is C19H20BCl2FO2S. The molecule has 7 heteroatoms. The molecule has 0 saturated carbocycles. The first-order valence-electron chi connectivity index (χ1n) is 8.30. The Kier molecular flexibility index (Phi) is 5.67. The molecule has 138 valence electrons.